The molecule has 4 rings (SSSR count). The predicted molar refractivity (Wildman–Crippen MR) is 93.2 cm³/mol. The molecule has 1 aliphatic rings. The molecular formula is C22H20. The number of rotatable bonds is 4. The summed E-state index contributed by atoms with van der Waals surface area (Å²) in [6.07, 6.45) is 4.66. The zero-order valence-electron chi connectivity index (χ0n) is 12.8. The minimum atomic E-state index is 1.10. The molecule has 0 spiro atoms. The maximum atomic E-state index is 2.32. The Bertz CT molecular complexity index is 784. The Hall–Kier alpha value is -2.34. The third-order valence-electron chi connectivity index (χ3n) is 4.70. The largest absolute Gasteiger partial charge is 0.0622 e. The number of aryl methyl sites for hydroxylation is 2. The van der Waals surface area contributed by atoms with E-state index in [4.69, 9.17) is 0 Å². The van der Waals surface area contributed by atoms with Crippen molar-refractivity contribution in [3.63, 3.8) is 0 Å². The Morgan fingerprint density at radius 1 is 0.636 bits per heavy atom. The molecule has 0 saturated carbocycles. The third kappa shape index (κ3) is 2.46. The van der Waals surface area contributed by atoms with Crippen molar-refractivity contribution in [1.82, 2.24) is 0 Å². The van der Waals surface area contributed by atoms with E-state index in [1.54, 1.807) is 5.56 Å². The lowest BCUT2D eigenvalue weighted by molar-refractivity contribution is 0.814. The molecule has 108 valence electrons. The van der Waals surface area contributed by atoms with Crippen molar-refractivity contribution >= 4 is 0 Å². The molecule has 0 nitrogen and oxygen atoms in total. The smallest absolute Gasteiger partial charge is 0.00107 e. The van der Waals surface area contributed by atoms with Crippen LogP contribution in [0.25, 0.3) is 11.1 Å². The van der Waals surface area contributed by atoms with Crippen molar-refractivity contribution in [1.29, 1.82) is 0 Å². The van der Waals surface area contributed by atoms with Gasteiger partial charge in [0.25, 0.3) is 0 Å². The van der Waals surface area contributed by atoms with Crippen LogP contribution in [0, 0.1) is 0 Å². The summed E-state index contributed by atoms with van der Waals surface area (Å²) in [5, 5.41) is 0. The van der Waals surface area contributed by atoms with Gasteiger partial charge in [-0.1, -0.05) is 72.8 Å². The fraction of sp³-hybridized carbons (Fsp3) is 0.182. The molecule has 0 fully saturated rings. The van der Waals surface area contributed by atoms with E-state index in [9.17, 15) is 0 Å². The fourth-order valence-corrected chi connectivity index (χ4v) is 3.59. The van der Waals surface area contributed by atoms with E-state index in [-0.39, 0.29) is 0 Å². The molecule has 0 heterocycles. The summed E-state index contributed by atoms with van der Waals surface area (Å²) in [5.41, 5.74) is 8.89. The van der Waals surface area contributed by atoms with Crippen molar-refractivity contribution in [3.05, 3.63) is 95.1 Å². The van der Waals surface area contributed by atoms with Crippen LogP contribution in [0.1, 0.15) is 28.7 Å². The first-order valence-corrected chi connectivity index (χ1v) is 8.15. The summed E-state index contributed by atoms with van der Waals surface area (Å²) in [6, 6.07) is 26.4. The Morgan fingerprint density at radius 2 is 1.41 bits per heavy atom. The summed E-state index contributed by atoms with van der Waals surface area (Å²) in [6.45, 7) is 0. The van der Waals surface area contributed by atoms with Crippen molar-refractivity contribution in [3.8, 4) is 11.1 Å². The van der Waals surface area contributed by atoms with E-state index >= 15 is 0 Å². The first-order valence-electron chi connectivity index (χ1n) is 8.15. The van der Waals surface area contributed by atoms with Gasteiger partial charge in [-0.15, -0.1) is 0 Å². The highest BCUT2D eigenvalue weighted by Crippen LogP contribution is 2.38. The van der Waals surface area contributed by atoms with Gasteiger partial charge in [-0.2, -0.15) is 0 Å². The van der Waals surface area contributed by atoms with Gasteiger partial charge in [-0.3, -0.25) is 0 Å². The highest BCUT2D eigenvalue weighted by atomic mass is 14.2. The van der Waals surface area contributed by atoms with Crippen molar-refractivity contribution in [2.24, 2.45) is 0 Å². The highest BCUT2D eigenvalue weighted by molar-refractivity contribution is 5.77. The summed E-state index contributed by atoms with van der Waals surface area (Å²) in [7, 11) is 0. The van der Waals surface area contributed by atoms with Crippen LogP contribution in [0.3, 0.4) is 0 Å². The van der Waals surface area contributed by atoms with Gasteiger partial charge in [0.2, 0.25) is 0 Å². The van der Waals surface area contributed by atoms with Crippen LogP contribution in [0.2, 0.25) is 0 Å². The summed E-state index contributed by atoms with van der Waals surface area (Å²) in [5.74, 6) is 0. The standard InChI is InChI=1S/C22H20/c1-2-8-17(9-3-1)10-6-12-18-13-7-15-21-20-14-5-4-11-19(20)16-22(18)21/h1-5,7-9,11,13-15H,6,10,12,16H2. The number of hydrogen-bond acceptors (Lipinski definition) is 0. The minimum absolute atomic E-state index is 1.10. The fourth-order valence-electron chi connectivity index (χ4n) is 3.59. The Labute approximate surface area is 132 Å². The molecule has 0 amide bonds. The molecule has 22 heavy (non-hydrogen) atoms. The first kappa shape index (κ1) is 13.3. The summed E-state index contributed by atoms with van der Waals surface area (Å²) >= 11 is 0. The lowest BCUT2D eigenvalue weighted by Crippen LogP contribution is -1.95. The molecule has 0 N–H and O–H groups in total. The zero-order valence-corrected chi connectivity index (χ0v) is 12.8. The second-order valence-electron chi connectivity index (χ2n) is 6.12. The van der Waals surface area contributed by atoms with Gasteiger partial charge in [0.1, 0.15) is 0 Å². The first-order chi connectivity index (χ1) is 10.9. The molecule has 0 bridgehead atoms. The number of benzene rings is 3. The van der Waals surface area contributed by atoms with Gasteiger partial charge in [-0.25, -0.2) is 0 Å². The van der Waals surface area contributed by atoms with Crippen molar-refractivity contribution in [2.75, 3.05) is 0 Å². The predicted octanol–water partition coefficient (Wildman–Crippen LogP) is 5.43. The van der Waals surface area contributed by atoms with E-state index in [0.717, 1.165) is 12.8 Å². The summed E-state index contributed by atoms with van der Waals surface area (Å²) in [4.78, 5) is 0. The minimum Gasteiger partial charge on any atom is -0.0622 e. The molecule has 0 aromatic heterocycles. The van der Waals surface area contributed by atoms with Crippen LogP contribution < -0.4 is 0 Å². The van der Waals surface area contributed by atoms with Crippen LogP contribution in [0.15, 0.2) is 72.8 Å². The van der Waals surface area contributed by atoms with E-state index in [2.05, 4.69) is 72.8 Å². The molecule has 0 heteroatoms. The lowest BCUT2D eigenvalue weighted by atomic mass is 9.96. The second-order valence-corrected chi connectivity index (χ2v) is 6.12. The second kappa shape index (κ2) is 5.81. The van der Waals surface area contributed by atoms with Gasteiger partial charge in [-0.05, 0) is 59.1 Å². The number of fused-ring (bicyclic) bond motifs is 3. The van der Waals surface area contributed by atoms with Gasteiger partial charge < -0.3 is 0 Å². The van der Waals surface area contributed by atoms with E-state index < -0.39 is 0 Å². The average Bonchev–Trinajstić information content (AvgIpc) is 2.96. The molecule has 0 unspecified atom stereocenters. The molecule has 0 radical (unpaired) electrons. The molecule has 1 aliphatic carbocycles. The molecule has 0 aliphatic heterocycles. The third-order valence-corrected chi connectivity index (χ3v) is 4.70. The van der Waals surface area contributed by atoms with Gasteiger partial charge >= 0.3 is 0 Å². The average molecular weight is 284 g/mol. The van der Waals surface area contributed by atoms with Crippen molar-refractivity contribution < 1.29 is 0 Å². The van der Waals surface area contributed by atoms with Gasteiger partial charge in [0.05, 0.1) is 0 Å². The monoisotopic (exact) mass is 284 g/mol. The summed E-state index contributed by atoms with van der Waals surface area (Å²) < 4.78 is 0. The molecule has 3 aromatic carbocycles. The Balaban J connectivity index is 1.53. The van der Waals surface area contributed by atoms with E-state index in [1.807, 2.05) is 0 Å². The van der Waals surface area contributed by atoms with Crippen LogP contribution in [0.5, 0.6) is 0 Å². The maximum absolute atomic E-state index is 2.32. The quantitative estimate of drug-likeness (QED) is 0.468. The highest BCUT2D eigenvalue weighted by Gasteiger charge is 2.19. The van der Waals surface area contributed by atoms with Gasteiger partial charge in [0, 0.05) is 0 Å². The molecule has 0 saturated heterocycles. The maximum Gasteiger partial charge on any atom is -0.00107 e. The van der Waals surface area contributed by atoms with Crippen LogP contribution in [0.4, 0.5) is 0 Å². The van der Waals surface area contributed by atoms with Crippen LogP contribution in [-0.2, 0) is 19.3 Å². The van der Waals surface area contributed by atoms with E-state index in [0.29, 0.717) is 0 Å². The molecular weight excluding hydrogens is 264 g/mol. The lowest BCUT2D eigenvalue weighted by Gasteiger charge is -2.08. The Morgan fingerprint density at radius 3 is 2.32 bits per heavy atom. The van der Waals surface area contributed by atoms with Gasteiger partial charge in [0.15, 0.2) is 0 Å². The molecule has 0 atom stereocenters. The molecule has 3 aromatic rings. The van der Waals surface area contributed by atoms with Crippen LogP contribution in [-0.4, -0.2) is 0 Å². The van der Waals surface area contributed by atoms with E-state index in [1.165, 1.54) is 40.7 Å². The normalized spacial score (nSPS) is 12.0. The Kier molecular flexibility index (Phi) is 3.52. The zero-order chi connectivity index (χ0) is 14.8. The van der Waals surface area contributed by atoms with Crippen molar-refractivity contribution in [2.45, 2.75) is 25.7 Å². The topological polar surface area (TPSA) is 0 Å². The SMILES string of the molecule is c1ccc(CCCc2cccc3c2Cc2ccccc2-3)cc1. The number of hydrogen-bond donors (Lipinski definition) is 0. The van der Waals surface area contributed by atoms with Crippen LogP contribution >= 0.6 is 0 Å².